The number of unbranched alkanes of at least 4 members (excludes halogenated alkanes) is 1. The van der Waals surface area contributed by atoms with E-state index in [2.05, 4.69) is 6.92 Å². The normalized spacial score (nSPS) is 12.7. The minimum absolute atomic E-state index is 0.0263. The van der Waals surface area contributed by atoms with Crippen LogP contribution in [0.3, 0.4) is 0 Å². The molecule has 0 aromatic rings. The molecule has 0 aliphatic carbocycles. The van der Waals surface area contributed by atoms with Gasteiger partial charge in [0.2, 0.25) is 5.91 Å². The van der Waals surface area contributed by atoms with Crippen LogP contribution in [0.4, 0.5) is 0 Å². The molecule has 1 amide bonds. The van der Waals surface area contributed by atoms with Crippen molar-refractivity contribution in [2.24, 2.45) is 11.8 Å². The number of amides is 1. The number of nitrogens with two attached hydrogens (primary N) is 1. The van der Waals surface area contributed by atoms with Crippen LogP contribution in [-0.2, 0) is 4.79 Å². The summed E-state index contributed by atoms with van der Waals surface area (Å²) in [6.45, 7) is 4.03. The summed E-state index contributed by atoms with van der Waals surface area (Å²) < 4.78 is 0. The van der Waals surface area contributed by atoms with Crippen molar-refractivity contribution < 1.29 is 4.79 Å². The third-order valence-electron chi connectivity index (χ3n) is 1.76. The Morgan fingerprint density at radius 2 is 2.18 bits per heavy atom. The van der Waals surface area contributed by atoms with Crippen LogP contribution in [0.1, 0.15) is 33.1 Å². The number of carbonyl (C=O) groups is 1. The Balaban J connectivity index is 3.64. The molecule has 1 unspecified atom stereocenters. The first-order valence-electron chi connectivity index (χ1n) is 4.11. The van der Waals surface area contributed by atoms with Crippen molar-refractivity contribution in [1.82, 2.24) is 5.01 Å². The van der Waals surface area contributed by atoms with E-state index in [4.69, 9.17) is 5.84 Å². The standard InChI is InChI=1S/C8H18N2O/c1-4-5-6-7(2)8(11)10(3)9/h7H,4-6,9H2,1-3H3. The van der Waals surface area contributed by atoms with E-state index in [1.54, 1.807) is 7.05 Å². The minimum Gasteiger partial charge on any atom is -0.284 e. The SMILES string of the molecule is CCCCC(C)C(=O)N(C)N. The lowest BCUT2D eigenvalue weighted by molar-refractivity contribution is -0.134. The summed E-state index contributed by atoms with van der Waals surface area (Å²) in [5, 5.41) is 1.17. The molecule has 66 valence electrons. The van der Waals surface area contributed by atoms with E-state index in [0.29, 0.717) is 0 Å². The molecular weight excluding hydrogens is 140 g/mol. The van der Waals surface area contributed by atoms with E-state index in [-0.39, 0.29) is 11.8 Å². The zero-order valence-electron chi connectivity index (χ0n) is 7.63. The van der Waals surface area contributed by atoms with Crippen molar-refractivity contribution in [3.63, 3.8) is 0 Å². The van der Waals surface area contributed by atoms with Gasteiger partial charge in [0.15, 0.2) is 0 Å². The van der Waals surface area contributed by atoms with E-state index in [1.165, 1.54) is 5.01 Å². The van der Waals surface area contributed by atoms with Crippen LogP contribution in [0.15, 0.2) is 0 Å². The molecular formula is C8H18N2O. The lowest BCUT2D eigenvalue weighted by Crippen LogP contribution is -2.37. The van der Waals surface area contributed by atoms with Gasteiger partial charge in [-0.15, -0.1) is 0 Å². The fourth-order valence-corrected chi connectivity index (χ4v) is 0.981. The first-order chi connectivity index (χ1) is 5.09. The van der Waals surface area contributed by atoms with Gasteiger partial charge in [0.25, 0.3) is 0 Å². The molecule has 0 aromatic heterocycles. The molecule has 0 bridgehead atoms. The summed E-state index contributed by atoms with van der Waals surface area (Å²) in [6, 6.07) is 0. The topological polar surface area (TPSA) is 46.3 Å². The Bertz CT molecular complexity index is 123. The minimum atomic E-state index is 0.0263. The predicted octanol–water partition coefficient (Wildman–Crippen LogP) is 1.14. The monoisotopic (exact) mass is 158 g/mol. The average molecular weight is 158 g/mol. The molecule has 2 N–H and O–H groups in total. The molecule has 1 atom stereocenters. The summed E-state index contributed by atoms with van der Waals surface area (Å²) in [6.07, 6.45) is 3.17. The van der Waals surface area contributed by atoms with Gasteiger partial charge in [-0.05, 0) is 6.42 Å². The van der Waals surface area contributed by atoms with Crippen molar-refractivity contribution in [2.45, 2.75) is 33.1 Å². The fourth-order valence-electron chi connectivity index (χ4n) is 0.981. The van der Waals surface area contributed by atoms with Gasteiger partial charge >= 0.3 is 0 Å². The second-order valence-electron chi connectivity index (χ2n) is 2.99. The zero-order valence-corrected chi connectivity index (χ0v) is 7.63. The number of hydrogen-bond acceptors (Lipinski definition) is 2. The molecule has 0 aliphatic heterocycles. The largest absolute Gasteiger partial charge is 0.284 e. The van der Waals surface area contributed by atoms with Gasteiger partial charge in [0.05, 0.1) is 0 Å². The summed E-state index contributed by atoms with van der Waals surface area (Å²) >= 11 is 0. The third kappa shape index (κ3) is 3.98. The smallest absolute Gasteiger partial charge is 0.239 e. The summed E-state index contributed by atoms with van der Waals surface area (Å²) in [4.78, 5) is 11.1. The molecule has 0 radical (unpaired) electrons. The highest BCUT2D eigenvalue weighted by Gasteiger charge is 2.13. The lowest BCUT2D eigenvalue weighted by Gasteiger charge is -2.15. The Kier molecular flexibility index (Phi) is 4.86. The van der Waals surface area contributed by atoms with Gasteiger partial charge in [-0.25, -0.2) is 5.84 Å². The quantitative estimate of drug-likeness (QED) is 0.379. The van der Waals surface area contributed by atoms with E-state index < -0.39 is 0 Å². The molecule has 0 fully saturated rings. The van der Waals surface area contributed by atoms with Crippen LogP contribution < -0.4 is 5.84 Å². The van der Waals surface area contributed by atoms with Crippen LogP contribution >= 0.6 is 0 Å². The second kappa shape index (κ2) is 5.13. The van der Waals surface area contributed by atoms with E-state index in [1.807, 2.05) is 6.92 Å². The van der Waals surface area contributed by atoms with E-state index >= 15 is 0 Å². The molecule has 3 heteroatoms. The molecule has 0 aliphatic rings. The lowest BCUT2D eigenvalue weighted by atomic mass is 10.0. The summed E-state index contributed by atoms with van der Waals surface area (Å²) in [5.74, 6) is 5.39. The maximum Gasteiger partial charge on any atom is 0.239 e. The van der Waals surface area contributed by atoms with E-state index in [0.717, 1.165) is 19.3 Å². The number of rotatable bonds is 4. The molecule has 0 spiro atoms. The molecule has 0 aromatic carbocycles. The fraction of sp³-hybridized carbons (Fsp3) is 0.875. The molecule has 0 heterocycles. The van der Waals surface area contributed by atoms with E-state index in [9.17, 15) is 4.79 Å². The molecule has 0 rings (SSSR count). The number of hydrazine groups is 1. The highest BCUT2D eigenvalue weighted by atomic mass is 16.2. The Labute approximate surface area is 68.5 Å². The van der Waals surface area contributed by atoms with Crippen LogP contribution in [-0.4, -0.2) is 18.0 Å². The number of carbonyl (C=O) groups excluding carboxylic acids is 1. The van der Waals surface area contributed by atoms with Crippen LogP contribution in [0.5, 0.6) is 0 Å². The Morgan fingerprint density at radius 1 is 1.64 bits per heavy atom. The number of hydrogen-bond donors (Lipinski definition) is 1. The van der Waals surface area contributed by atoms with Gasteiger partial charge in [0, 0.05) is 13.0 Å². The van der Waals surface area contributed by atoms with Gasteiger partial charge < -0.3 is 0 Å². The maximum absolute atomic E-state index is 11.1. The number of nitrogens with zero attached hydrogens (tertiary/aromatic N) is 1. The van der Waals surface area contributed by atoms with Gasteiger partial charge in [-0.1, -0.05) is 26.7 Å². The van der Waals surface area contributed by atoms with Crippen LogP contribution in [0, 0.1) is 5.92 Å². The zero-order chi connectivity index (χ0) is 8.85. The molecule has 11 heavy (non-hydrogen) atoms. The van der Waals surface area contributed by atoms with Gasteiger partial charge in [-0.3, -0.25) is 9.80 Å². The summed E-state index contributed by atoms with van der Waals surface area (Å²) in [5.41, 5.74) is 0. The third-order valence-corrected chi connectivity index (χ3v) is 1.76. The molecule has 3 nitrogen and oxygen atoms in total. The Hall–Kier alpha value is -0.570. The van der Waals surface area contributed by atoms with Crippen molar-refractivity contribution in [3.8, 4) is 0 Å². The van der Waals surface area contributed by atoms with Gasteiger partial charge in [0.1, 0.15) is 0 Å². The van der Waals surface area contributed by atoms with Gasteiger partial charge in [-0.2, -0.15) is 0 Å². The van der Waals surface area contributed by atoms with Crippen LogP contribution in [0.2, 0.25) is 0 Å². The molecule has 0 saturated heterocycles. The second-order valence-corrected chi connectivity index (χ2v) is 2.99. The van der Waals surface area contributed by atoms with Crippen molar-refractivity contribution in [2.75, 3.05) is 7.05 Å². The average Bonchev–Trinajstić information content (AvgIpc) is 1.98. The summed E-state index contributed by atoms with van der Waals surface area (Å²) in [7, 11) is 1.59. The van der Waals surface area contributed by atoms with Crippen molar-refractivity contribution in [3.05, 3.63) is 0 Å². The Morgan fingerprint density at radius 3 is 2.55 bits per heavy atom. The predicted molar refractivity (Wildman–Crippen MR) is 45.6 cm³/mol. The molecule has 0 saturated carbocycles. The first-order valence-corrected chi connectivity index (χ1v) is 4.11. The first kappa shape index (κ1) is 10.4. The van der Waals surface area contributed by atoms with Crippen molar-refractivity contribution in [1.29, 1.82) is 0 Å². The maximum atomic E-state index is 11.1. The van der Waals surface area contributed by atoms with Crippen LogP contribution in [0.25, 0.3) is 0 Å². The highest BCUT2D eigenvalue weighted by molar-refractivity contribution is 5.77. The highest BCUT2D eigenvalue weighted by Crippen LogP contribution is 2.08. The van der Waals surface area contributed by atoms with Crippen molar-refractivity contribution >= 4 is 5.91 Å².